The van der Waals surface area contributed by atoms with E-state index in [1.54, 1.807) is 0 Å². The van der Waals surface area contributed by atoms with E-state index in [0.29, 0.717) is 18.1 Å². The average molecular weight is 314 g/mol. The first kappa shape index (κ1) is 12.1. The number of hydrogen-bond acceptors (Lipinski definition) is 4. The highest BCUT2D eigenvalue weighted by Crippen LogP contribution is 2.17. The van der Waals surface area contributed by atoms with Crippen molar-refractivity contribution in [3.63, 3.8) is 0 Å². The Morgan fingerprint density at radius 3 is 2.71 bits per heavy atom. The summed E-state index contributed by atoms with van der Waals surface area (Å²) in [5, 5.41) is 3.29. The van der Waals surface area contributed by atoms with Crippen molar-refractivity contribution in [1.82, 2.24) is 9.97 Å². The lowest BCUT2D eigenvalue weighted by atomic mass is 10.2. The third-order valence-corrected chi connectivity index (χ3v) is 2.87. The molecule has 0 fully saturated rings. The zero-order valence-electron chi connectivity index (χ0n) is 8.82. The minimum absolute atomic E-state index is 0.178. The Bertz CT molecular complexity index is 515. The monoisotopic (exact) mass is 312 g/mol. The Morgan fingerprint density at radius 1 is 1.29 bits per heavy atom. The molecule has 0 unspecified atom stereocenters. The van der Waals surface area contributed by atoms with Crippen LogP contribution in [0.1, 0.15) is 5.56 Å². The number of nitrogens with two attached hydrogens (primary N) is 1. The predicted octanol–water partition coefficient (Wildman–Crippen LogP) is 3.09. The van der Waals surface area contributed by atoms with Gasteiger partial charge in [-0.3, -0.25) is 0 Å². The quantitative estimate of drug-likeness (QED) is 0.855. The summed E-state index contributed by atoms with van der Waals surface area (Å²) < 4.78 is 1.05. The summed E-state index contributed by atoms with van der Waals surface area (Å²) in [6.07, 6.45) is 1.49. The molecule has 2 aromatic rings. The number of nitrogen functional groups attached to an aromatic ring is 1. The van der Waals surface area contributed by atoms with Gasteiger partial charge >= 0.3 is 0 Å². The lowest BCUT2D eigenvalue weighted by molar-refractivity contribution is 1.08. The molecule has 1 aromatic heterocycles. The average Bonchev–Trinajstić information content (AvgIpc) is 2.32. The fraction of sp³-hybridized carbons (Fsp3) is 0.0909. The van der Waals surface area contributed by atoms with Crippen LogP contribution in [0.15, 0.2) is 34.9 Å². The summed E-state index contributed by atoms with van der Waals surface area (Å²) in [4.78, 5) is 7.80. The molecule has 4 nitrogen and oxygen atoms in total. The molecule has 0 radical (unpaired) electrons. The van der Waals surface area contributed by atoms with Crippen molar-refractivity contribution in [2.45, 2.75) is 6.54 Å². The van der Waals surface area contributed by atoms with Gasteiger partial charge in [-0.15, -0.1) is 0 Å². The van der Waals surface area contributed by atoms with E-state index < -0.39 is 0 Å². The van der Waals surface area contributed by atoms with E-state index in [2.05, 4.69) is 31.2 Å². The maximum atomic E-state index is 5.72. The number of hydrogen-bond donors (Lipinski definition) is 2. The summed E-state index contributed by atoms with van der Waals surface area (Å²) in [5.41, 5.74) is 7.33. The number of benzene rings is 1. The van der Waals surface area contributed by atoms with E-state index in [1.807, 2.05) is 24.3 Å². The molecule has 0 saturated carbocycles. The second kappa shape index (κ2) is 5.33. The molecule has 1 heterocycles. The summed E-state index contributed by atoms with van der Waals surface area (Å²) in [6.45, 7) is 0.630. The standard InChI is InChI=1S/C11H10BrClN4/c12-8-3-1-7(2-4-8)5-15-10-9(14)6-16-11(13)17-10/h1-4,6H,5,14H2,(H,15,16,17). The van der Waals surface area contributed by atoms with Crippen molar-refractivity contribution in [2.75, 3.05) is 11.1 Å². The van der Waals surface area contributed by atoms with Gasteiger partial charge in [-0.2, -0.15) is 4.98 Å². The third kappa shape index (κ3) is 3.31. The number of halogens is 2. The second-order valence-electron chi connectivity index (χ2n) is 3.42. The highest BCUT2D eigenvalue weighted by Gasteiger charge is 2.02. The molecular weight excluding hydrogens is 304 g/mol. The van der Waals surface area contributed by atoms with Crippen LogP contribution in [0.4, 0.5) is 11.5 Å². The van der Waals surface area contributed by atoms with Gasteiger partial charge in [-0.05, 0) is 29.3 Å². The van der Waals surface area contributed by atoms with Crippen LogP contribution in [0.25, 0.3) is 0 Å². The van der Waals surface area contributed by atoms with Gasteiger partial charge in [0.15, 0.2) is 5.82 Å². The van der Waals surface area contributed by atoms with Crippen molar-refractivity contribution in [2.24, 2.45) is 0 Å². The number of anilines is 2. The van der Waals surface area contributed by atoms with E-state index in [-0.39, 0.29) is 5.28 Å². The van der Waals surface area contributed by atoms with Gasteiger partial charge < -0.3 is 11.1 Å². The Kier molecular flexibility index (Phi) is 3.81. The molecular formula is C11H10BrClN4. The first-order chi connectivity index (χ1) is 8.15. The molecule has 3 N–H and O–H groups in total. The molecule has 0 aliphatic rings. The minimum atomic E-state index is 0.178. The largest absolute Gasteiger partial charge is 0.394 e. The van der Waals surface area contributed by atoms with Crippen LogP contribution in [0, 0.1) is 0 Å². The summed E-state index contributed by atoms with van der Waals surface area (Å²) >= 11 is 9.08. The van der Waals surface area contributed by atoms with Crippen LogP contribution < -0.4 is 11.1 Å². The van der Waals surface area contributed by atoms with Gasteiger partial charge in [-0.1, -0.05) is 28.1 Å². The van der Waals surface area contributed by atoms with E-state index in [0.717, 1.165) is 10.0 Å². The molecule has 1 aromatic carbocycles. The van der Waals surface area contributed by atoms with E-state index >= 15 is 0 Å². The Morgan fingerprint density at radius 2 is 2.00 bits per heavy atom. The zero-order valence-corrected chi connectivity index (χ0v) is 11.2. The fourth-order valence-corrected chi connectivity index (χ4v) is 1.70. The molecule has 0 spiro atoms. The molecule has 0 bridgehead atoms. The second-order valence-corrected chi connectivity index (χ2v) is 4.68. The molecule has 0 atom stereocenters. The highest BCUT2D eigenvalue weighted by atomic mass is 79.9. The first-order valence-electron chi connectivity index (χ1n) is 4.91. The maximum Gasteiger partial charge on any atom is 0.224 e. The van der Waals surface area contributed by atoms with Crippen LogP contribution in [0.5, 0.6) is 0 Å². The fourth-order valence-electron chi connectivity index (χ4n) is 1.30. The smallest absolute Gasteiger partial charge is 0.224 e. The summed E-state index contributed by atoms with van der Waals surface area (Å²) in [5.74, 6) is 0.549. The summed E-state index contributed by atoms with van der Waals surface area (Å²) in [7, 11) is 0. The Hall–Kier alpha value is -1.33. The number of nitrogens with one attached hydrogen (secondary N) is 1. The van der Waals surface area contributed by atoms with Gasteiger partial charge in [0.1, 0.15) is 0 Å². The summed E-state index contributed by atoms with van der Waals surface area (Å²) in [6, 6.07) is 7.98. The third-order valence-electron chi connectivity index (χ3n) is 2.16. The lowest BCUT2D eigenvalue weighted by Crippen LogP contribution is -2.05. The topological polar surface area (TPSA) is 63.8 Å². The van der Waals surface area contributed by atoms with Crippen molar-refractivity contribution in [3.8, 4) is 0 Å². The predicted molar refractivity (Wildman–Crippen MR) is 72.9 cm³/mol. The number of nitrogens with zero attached hydrogens (tertiary/aromatic N) is 2. The van der Waals surface area contributed by atoms with Gasteiger partial charge in [0.2, 0.25) is 5.28 Å². The van der Waals surface area contributed by atoms with Crippen LogP contribution >= 0.6 is 27.5 Å². The SMILES string of the molecule is Nc1cnc(Cl)nc1NCc1ccc(Br)cc1. The van der Waals surface area contributed by atoms with Crippen molar-refractivity contribution in [1.29, 1.82) is 0 Å². The number of aromatic nitrogens is 2. The zero-order chi connectivity index (χ0) is 12.3. The normalized spacial score (nSPS) is 10.2. The van der Waals surface area contributed by atoms with Gasteiger partial charge in [0.05, 0.1) is 11.9 Å². The van der Waals surface area contributed by atoms with Crippen LogP contribution in [0.3, 0.4) is 0 Å². The molecule has 0 aliphatic heterocycles. The lowest BCUT2D eigenvalue weighted by Gasteiger charge is -2.08. The van der Waals surface area contributed by atoms with Crippen LogP contribution in [-0.4, -0.2) is 9.97 Å². The van der Waals surface area contributed by atoms with Crippen molar-refractivity contribution < 1.29 is 0 Å². The van der Waals surface area contributed by atoms with Crippen LogP contribution in [0.2, 0.25) is 5.28 Å². The molecule has 88 valence electrons. The molecule has 17 heavy (non-hydrogen) atoms. The van der Waals surface area contributed by atoms with Gasteiger partial charge in [-0.25, -0.2) is 4.98 Å². The van der Waals surface area contributed by atoms with Gasteiger partial charge in [0.25, 0.3) is 0 Å². The van der Waals surface area contributed by atoms with E-state index in [9.17, 15) is 0 Å². The van der Waals surface area contributed by atoms with Crippen LogP contribution in [-0.2, 0) is 6.54 Å². The van der Waals surface area contributed by atoms with Crippen molar-refractivity contribution in [3.05, 3.63) is 45.8 Å². The van der Waals surface area contributed by atoms with Gasteiger partial charge in [0, 0.05) is 11.0 Å². The van der Waals surface area contributed by atoms with E-state index in [4.69, 9.17) is 17.3 Å². The van der Waals surface area contributed by atoms with E-state index in [1.165, 1.54) is 6.20 Å². The molecule has 0 amide bonds. The Labute approximate surface area is 112 Å². The first-order valence-corrected chi connectivity index (χ1v) is 6.08. The minimum Gasteiger partial charge on any atom is -0.394 e. The molecule has 2 rings (SSSR count). The number of rotatable bonds is 3. The Balaban J connectivity index is 2.07. The molecule has 0 aliphatic carbocycles. The molecule has 6 heteroatoms. The maximum absolute atomic E-state index is 5.72. The molecule has 0 saturated heterocycles. The van der Waals surface area contributed by atoms with Crippen molar-refractivity contribution >= 4 is 39.0 Å². The highest BCUT2D eigenvalue weighted by molar-refractivity contribution is 9.10.